The standard InChI is InChI=1S/C24H32N4O2S/c1-16-9-12-31-21(16)15-27-11-8-19-18(14-27)24(30)26-23(25-19)20-7-4-10-28(20)22(29)13-17-5-2-3-6-17/h9,12,17,20H,2-8,10-11,13-15H2,1H3,(H,25,26,30). The van der Waals surface area contributed by atoms with Gasteiger partial charge in [-0.1, -0.05) is 12.8 Å². The highest BCUT2D eigenvalue weighted by Crippen LogP contribution is 2.34. The van der Waals surface area contributed by atoms with Gasteiger partial charge in [0.2, 0.25) is 5.91 Å². The van der Waals surface area contributed by atoms with Crippen LogP contribution in [0.25, 0.3) is 0 Å². The van der Waals surface area contributed by atoms with Crippen molar-refractivity contribution in [2.45, 2.75) is 77.4 Å². The third kappa shape index (κ3) is 4.35. The molecule has 1 N–H and O–H groups in total. The SMILES string of the molecule is Cc1ccsc1CN1CCc2nc(C3CCCN3C(=O)CC3CCCC3)[nH]c(=O)c2C1. The molecule has 1 saturated carbocycles. The zero-order chi connectivity index (χ0) is 21.4. The first-order valence-electron chi connectivity index (χ1n) is 11.7. The first-order valence-corrected chi connectivity index (χ1v) is 12.6. The van der Waals surface area contributed by atoms with Gasteiger partial charge in [0.05, 0.1) is 17.3 Å². The lowest BCUT2D eigenvalue weighted by Crippen LogP contribution is -2.38. The van der Waals surface area contributed by atoms with Crippen molar-refractivity contribution < 1.29 is 4.79 Å². The summed E-state index contributed by atoms with van der Waals surface area (Å²) in [5, 5.41) is 2.13. The number of aryl methyl sites for hydroxylation is 1. The molecule has 166 valence electrons. The maximum atomic E-state index is 13.0. The van der Waals surface area contributed by atoms with Crippen LogP contribution < -0.4 is 5.56 Å². The van der Waals surface area contributed by atoms with Crippen molar-refractivity contribution in [1.29, 1.82) is 0 Å². The fourth-order valence-corrected chi connectivity index (χ4v) is 6.44. The minimum absolute atomic E-state index is 0.0253. The molecule has 1 amide bonds. The van der Waals surface area contributed by atoms with Crippen LogP contribution in [0.15, 0.2) is 16.2 Å². The lowest BCUT2D eigenvalue weighted by atomic mass is 10.0. The molecular weight excluding hydrogens is 408 g/mol. The monoisotopic (exact) mass is 440 g/mol. The van der Waals surface area contributed by atoms with Crippen LogP contribution in [-0.4, -0.2) is 38.8 Å². The molecule has 7 heteroatoms. The Labute approximate surface area is 187 Å². The lowest BCUT2D eigenvalue weighted by molar-refractivity contribution is -0.133. The normalized spacial score (nSPS) is 22.2. The number of nitrogens with zero attached hydrogens (tertiary/aromatic N) is 3. The van der Waals surface area contributed by atoms with Gasteiger partial charge in [-0.05, 0) is 55.5 Å². The molecule has 1 aliphatic carbocycles. The zero-order valence-corrected chi connectivity index (χ0v) is 19.2. The van der Waals surface area contributed by atoms with Crippen molar-refractivity contribution >= 4 is 17.2 Å². The molecular formula is C24H32N4O2S. The van der Waals surface area contributed by atoms with Crippen LogP contribution in [0.1, 0.15) is 78.5 Å². The number of carbonyl (C=O) groups excluding carboxylic acids is 1. The number of aromatic amines is 1. The van der Waals surface area contributed by atoms with E-state index in [1.54, 1.807) is 11.3 Å². The number of likely N-dealkylation sites (tertiary alicyclic amines) is 1. The van der Waals surface area contributed by atoms with Crippen LogP contribution in [0.2, 0.25) is 0 Å². The summed E-state index contributed by atoms with van der Waals surface area (Å²) in [4.78, 5) is 39.6. The molecule has 2 aromatic rings. The number of thiophene rings is 1. The van der Waals surface area contributed by atoms with Gasteiger partial charge in [-0.2, -0.15) is 0 Å². The Hall–Kier alpha value is -1.99. The number of fused-ring (bicyclic) bond motifs is 1. The first kappa shape index (κ1) is 20.9. The van der Waals surface area contributed by atoms with Gasteiger partial charge in [-0.15, -0.1) is 11.3 Å². The molecule has 0 spiro atoms. The minimum Gasteiger partial charge on any atom is -0.333 e. The Kier molecular flexibility index (Phi) is 5.97. The number of amides is 1. The molecule has 2 aliphatic heterocycles. The molecule has 4 heterocycles. The van der Waals surface area contributed by atoms with Gasteiger partial charge < -0.3 is 9.88 Å². The van der Waals surface area contributed by atoms with Gasteiger partial charge >= 0.3 is 0 Å². The average molecular weight is 441 g/mol. The van der Waals surface area contributed by atoms with Crippen molar-refractivity contribution in [1.82, 2.24) is 19.8 Å². The van der Waals surface area contributed by atoms with Crippen LogP contribution in [0.3, 0.4) is 0 Å². The molecule has 3 aliphatic rings. The van der Waals surface area contributed by atoms with E-state index in [1.807, 2.05) is 4.90 Å². The van der Waals surface area contributed by atoms with Crippen LogP contribution in [0.5, 0.6) is 0 Å². The highest BCUT2D eigenvalue weighted by Gasteiger charge is 2.34. The largest absolute Gasteiger partial charge is 0.333 e. The Morgan fingerprint density at radius 1 is 1.23 bits per heavy atom. The summed E-state index contributed by atoms with van der Waals surface area (Å²) < 4.78 is 0. The van der Waals surface area contributed by atoms with Crippen molar-refractivity contribution in [3.8, 4) is 0 Å². The third-order valence-electron chi connectivity index (χ3n) is 7.33. The van der Waals surface area contributed by atoms with Gasteiger partial charge in [0.25, 0.3) is 5.56 Å². The quantitative estimate of drug-likeness (QED) is 0.765. The predicted octanol–water partition coefficient (Wildman–Crippen LogP) is 3.94. The number of nitrogens with one attached hydrogen (secondary N) is 1. The van der Waals surface area contributed by atoms with E-state index in [9.17, 15) is 9.59 Å². The molecule has 1 saturated heterocycles. The average Bonchev–Trinajstić information content (AvgIpc) is 3.51. The molecule has 0 aromatic carbocycles. The van der Waals surface area contributed by atoms with E-state index in [2.05, 4.69) is 28.3 Å². The summed E-state index contributed by atoms with van der Waals surface area (Å²) in [5.41, 5.74) is 3.02. The Balaban J connectivity index is 1.31. The Morgan fingerprint density at radius 3 is 2.84 bits per heavy atom. The summed E-state index contributed by atoms with van der Waals surface area (Å²) in [7, 11) is 0. The van der Waals surface area contributed by atoms with Gasteiger partial charge in [0.15, 0.2) is 0 Å². The molecule has 2 fully saturated rings. The van der Waals surface area contributed by atoms with E-state index in [4.69, 9.17) is 4.98 Å². The van der Waals surface area contributed by atoms with Gasteiger partial charge in [-0.25, -0.2) is 4.98 Å². The van der Waals surface area contributed by atoms with Crippen LogP contribution in [0.4, 0.5) is 0 Å². The second kappa shape index (κ2) is 8.87. The van der Waals surface area contributed by atoms with E-state index in [0.717, 1.165) is 50.2 Å². The minimum atomic E-state index is -0.0706. The maximum absolute atomic E-state index is 13.0. The number of hydrogen-bond donors (Lipinski definition) is 1. The van der Waals surface area contributed by atoms with Gasteiger partial charge in [-0.3, -0.25) is 14.5 Å². The van der Waals surface area contributed by atoms with E-state index in [0.29, 0.717) is 24.7 Å². The van der Waals surface area contributed by atoms with Crippen molar-refractivity contribution in [3.63, 3.8) is 0 Å². The van der Waals surface area contributed by atoms with Crippen LogP contribution >= 0.6 is 11.3 Å². The number of rotatable bonds is 5. The Morgan fingerprint density at radius 2 is 2.06 bits per heavy atom. The molecule has 1 unspecified atom stereocenters. The fourth-order valence-electron chi connectivity index (χ4n) is 5.49. The summed E-state index contributed by atoms with van der Waals surface area (Å²) in [5.74, 6) is 1.48. The molecule has 0 radical (unpaired) electrons. The highest BCUT2D eigenvalue weighted by atomic mass is 32.1. The molecule has 0 bridgehead atoms. The van der Waals surface area contributed by atoms with Crippen molar-refractivity contribution in [3.05, 3.63) is 49.3 Å². The first-order chi connectivity index (χ1) is 15.1. The summed E-state index contributed by atoms with van der Waals surface area (Å²) in [6.45, 7) is 5.37. The topological polar surface area (TPSA) is 69.3 Å². The second-order valence-electron chi connectivity index (χ2n) is 9.46. The van der Waals surface area contributed by atoms with E-state index in [-0.39, 0.29) is 17.5 Å². The third-order valence-corrected chi connectivity index (χ3v) is 8.34. The molecule has 5 rings (SSSR count). The second-order valence-corrected chi connectivity index (χ2v) is 10.5. The van der Waals surface area contributed by atoms with E-state index < -0.39 is 0 Å². The van der Waals surface area contributed by atoms with Gasteiger partial charge in [0.1, 0.15) is 5.82 Å². The maximum Gasteiger partial charge on any atom is 0.255 e. The summed E-state index contributed by atoms with van der Waals surface area (Å²) >= 11 is 1.78. The predicted molar refractivity (Wildman–Crippen MR) is 122 cm³/mol. The highest BCUT2D eigenvalue weighted by molar-refractivity contribution is 7.10. The molecule has 2 aromatic heterocycles. The van der Waals surface area contributed by atoms with E-state index in [1.165, 1.54) is 36.1 Å². The molecule has 6 nitrogen and oxygen atoms in total. The van der Waals surface area contributed by atoms with Crippen molar-refractivity contribution in [2.75, 3.05) is 13.1 Å². The molecule has 1 atom stereocenters. The number of aromatic nitrogens is 2. The fraction of sp³-hybridized carbons (Fsp3) is 0.625. The number of hydrogen-bond acceptors (Lipinski definition) is 5. The van der Waals surface area contributed by atoms with Crippen LogP contribution in [-0.2, 0) is 24.3 Å². The van der Waals surface area contributed by atoms with Crippen molar-refractivity contribution in [2.24, 2.45) is 5.92 Å². The zero-order valence-electron chi connectivity index (χ0n) is 18.4. The smallest absolute Gasteiger partial charge is 0.255 e. The summed E-state index contributed by atoms with van der Waals surface area (Å²) in [6.07, 6.45) is 8.19. The van der Waals surface area contributed by atoms with E-state index >= 15 is 0 Å². The van der Waals surface area contributed by atoms with Crippen LogP contribution in [0, 0.1) is 12.8 Å². The summed E-state index contributed by atoms with van der Waals surface area (Å²) in [6, 6.07) is 2.08. The molecule has 31 heavy (non-hydrogen) atoms. The lowest BCUT2D eigenvalue weighted by Gasteiger charge is -2.29. The number of H-pyrrole nitrogens is 1. The van der Waals surface area contributed by atoms with Gasteiger partial charge in [0, 0.05) is 43.9 Å². The Bertz CT molecular complexity index is 1010. The number of carbonyl (C=O) groups is 1.